The van der Waals surface area contributed by atoms with Gasteiger partial charge in [0.05, 0.1) is 12.2 Å². The summed E-state index contributed by atoms with van der Waals surface area (Å²) >= 11 is 0. The van der Waals surface area contributed by atoms with Gasteiger partial charge in [-0.25, -0.2) is 13.2 Å². The molecule has 0 radical (unpaired) electrons. The average Bonchev–Trinajstić information content (AvgIpc) is 2.29. The smallest absolute Gasteiger partial charge is 0.152 e. The van der Waals surface area contributed by atoms with Gasteiger partial charge < -0.3 is 5.32 Å². The van der Waals surface area contributed by atoms with Crippen molar-refractivity contribution < 1.29 is 13.2 Å². The van der Waals surface area contributed by atoms with Crippen LogP contribution in [0.2, 0.25) is 0 Å². The molecule has 1 aromatic heterocycles. The summed E-state index contributed by atoms with van der Waals surface area (Å²) in [5.41, 5.74) is 0.285. The molecule has 0 amide bonds. The van der Waals surface area contributed by atoms with E-state index in [0.29, 0.717) is 17.8 Å². The van der Waals surface area contributed by atoms with Gasteiger partial charge in [-0.2, -0.15) is 0 Å². The Hall–Kier alpha value is -2.04. The molecule has 0 bridgehead atoms. The Kier molecular flexibility index (Phi) is 3.27. The normalized spacial score (nSPS) is 10.3. The minimum Gasteiger partial charge on any atom is -0.375 e. The van der Waals surface area contributed by atoms with Gasteiger partial charge in [-0.1, -0.05) is 6.07 Å². The van der Waals surface area contributed by atoms with Crippen LogP contribution in [0.15, 0.2) is 36.5 Å². The van der Waals surface area contributed by atoms with Crippen LogP contribution >= 0.6 is 0 Å². The van der Waals surface area contributed by atoms with Crippen LogP contribution < -0.4 is 5.32 Å². The van der Waals surface area contributed by atoms with Crippen LogP contribution in [-0.4, -0.2) is 4.98 Å². The lowest BCUT2D eigenvalue weighted by Crippen LogP contribution is -2.05. The number of pyridine rings is 1. The van der Waals surface area contributed by atoms with Gasteiger partial charge in [0.1, 0.15) is 11.5 Å². The summed E-state index contributed by atoms with van der Waals surface area (Å²) in [5.74, 6) is -2.86. The number of rotatable bonds is 3. The highest BCUT2D eigenvalue weighted by molar-refractivity contribution is 5.46. The summed E-state index contributed by atoms with van der Waals surface area (Å²) in [7, 11) is 0. The van der Waals surface area contributed by atoms with Crippen LogP contribution in [-0.2, 0) is 6.54 Å². The van der Waals surface area contributed by atoms with E-state index < -0.39 is 17.5 Å². The SMILES string of the molecule is Fc1cc(F)c(NCc2ccccn2)c(F)c1. The van der Waals surface area contributed by atoms with Gasteiger partial charge in [-0.3, -0.25) is 4.98 Å². The first kappa shape index (κ1) is 11.4. The van der Waals surface area contributed by atoms with Crippen molar-refractivity contribution >= 4 is 5.69 Å². The van der Waals surface area contributed by atoms with E-state index in [-0.39, 0.29) is 12.2 Å². The van der Waals surface area contributed by atoms with Crippen molar-refractivity contribution in [2.75, 3.05) is 5.32 Å². The fourth-order valence-electron chi connectivity index (χ4n) is 1.39. The van der Waals surface area contributed by atoms with Crippen LogP contribution in [0.25, 0.3) is 0 Å². The fraction of sp³-hybridized carbons (Fsp3) is 0.0833. The summed E-state index contributed by atoms with van der Waals surface area (Å²) in [6, 6.07) is 6.48. The molecule has 0 aliphatic carbocycles. The molecule has 0 saturated carbocycles. The fourth-order valence-corrected chi connectivity index (χ4v) is 1.39. The topological polar surface area (TPSA) is 24.9 Å². The number of hydrogen-bond donors (Lipinski definition) is 1. The van der Waals surface area contributed by atoms with Crippen molar-refractivity contribution in [3.63, 3.8) is 0 Å². The molecular formula is C12H9F3N2. The molecule has 1 heterocycles. The quantitative estimate of drug-likeness (QED) is 0.888. The lowest BCUT2D eigenvalue weighted by molar-refractivity contribution is 0.547. The van der Waals surface area contributed by atoms with Crippen molar-refractivity contribution in [2.24, 2.45) is 0 Å². The van der Waals surface area contributed by atoms with E-state index in [2.05, 4.69) is 10.3 Å². The van der Waals surface area contributed by atoms with E-state index in [1.807, 2.05) is 0 Å². The molecular weight excluding hydrogens is 229 g/mol. The second kappa shape index (κ2) is 4.86. The number of aromatic nitrogens is 1. The highest BCUT2D eigenvalue weighted by Gasteiger charge is 2.10. The number of halogens is 3. The lowest BCUT2D eigenvalue weighted by Gasteiger charge is -2.08. The molecule has 0 saturated heterocycles. The zero-order chi connectivity index (χ0) is 12.3. The van der Waals surface area contributed by atoms with Crippen LogP contribution in [0.5, 0.6) is 0 Å². The summed E-state index contributed by atoms with van der Waals surface area (Å²) in [6.07, 6.45) is 1.58. The van der Waals surface area contributed by atoms with Gasteiger partial charge in [0.2, 0.25) is 0 Å². The summed E-state index contributed by atoms with van der Waals surface area (Å²) in [5, 5.41) is 2.55. The van der Waals surface area contributed by atoms with Crippen LogP contribution in [0.1, 0.15) is 5.69 Å². The van der Waals surface area contributed by atoms with Crippen molar-refractivity contribution in [3.05, 3.63) is 59.7 Å². The lowest BCUT2D eigenvalue weighted by atomic mass is 10.2. The summed E-state index contributed by atoms with van der Waals surface area (Å²) in [4.78, 5) is 3.99. The number of hydrogen-bond acceptors (Lipinski definition) is 2. The van der Waals surface area contributed by atoms with Crippen molar-refractivity contribution in [3.8, 4) is 0 Å². The molecule has 0 fully saturated rings. The molecule has 1 N–H and O–H groups in total. The van der Waals surface area contributed by atoms with E-state index in [0.717, 1.165) is 0 Å². The molecule has 0 aliphatic rings. The number of benzene rings is 1. The van der Waals surface area contributed by atoms with Gasteiger partial charge in [-0.15, -0.1) is 0 Å². The minimum atomic E-state index is -0.960. The van der Waals surface area contributed by atoms with E-state index in [1.54, 1.807) is 24.4 Å². The Morgan fingerprint density at radius 2 is 1.76 bits per heavy atom. The first-order chi connectivity index (χ1) is 8.16. The van der Waals surface area contributed by atoms with Crippen LogP contribution in [0.3, 0.4) is 0 Å². The summed E-state index contributed by atoms with van der Waals surface area (Å²) in [6.45, 7) is 0.167. The van der Waals surface area contributed by atoms with Gasteiger partial charge in [0.15, 0.2) is 11.6 Å². The Morgan fingerprint density at radius 3 is 2.35 bits per heavy atom. The third-order valence-corrected chi connectivity index (χ3v) is 2.18. The first-order valence-electron chi connectivity index (χ1n) is 4.95. The largest absolute Gasteiger partial charge is 0.375 e. The van der Waals surface area contributed by atoms with Gasteiger partial charge in [0.25, 0.3) is 0 Å². The van der Waals surface area contributed by atoms with Crippen molar-refractivity contribution in [1.82, 2.24) is 4.98 Å². The highest BCUT2D eigenvalue weighted by atomic mass is 19.1. The van der Waals surface area contributed by atoms with Crippen molar-refractivity contribution in [1.29, 1.82) is 0 Å². The maximum atomic E-state index is 13.3. The maximum absolute atomic E-state index is 13.3. The van der Waals surface area contributed by atoms with Crippen LogP contribution in [0, 0.1) is 17.5 Å². The van der Waals surface area contributed by atoms with E-state index in [9.17, 15) is 13.2 Å². The number of nitrogens with zero attached hydrogens (tertiary/aromatic N) is 1. The molecule has 0 atom stereocenters. The predicted molar refractivity (Wildman–Crippen MR) is 57.9 cm³/mol. The predicted octanol–water partition coefficient (Wildman–Crippen LogP) is 3.11. The second-order valence-corrected chi connectivity index (χ2v) is 3.42. The average molecular weight is 238 g/mol. The third kappa shape index (κ3) is 2.75. The molecule has 2 nitrogen and oxygen atoms in total. The second-order valence-electron chi connectivity index (χ2n) is 3.42. The number of anilines is 1. The monoisotopic (exact) mass is 238 g/mol. The molecule has 0 spiro atoms. The Morgan fingerprint density at radius 1 is 1.06 bits per heavy atom. The molecule has 17 heavy (non-hydrogen) atoms. The summed E-state index contributed by atoms with van der Waals surface area (Å²) < 4.78 is 39.2. The van der Waals surface area contributed by atoms with Crippen molar-refractivity contribution in [2.45, 2.75) is 6.54 Å². The van der Waals surface area contributed by atoms with Gasteiger partial charge in [0, 0.05) is 18.3 Å². The zero-order valence-corrected chi connectivity index (χ0v) is 8.75. The van der Waals surface area contributed by atoms with Gasteiger partial charge >= 0.3 is 0 Å². The molecule has 88 valence electrons. The van der Waals surface area contributed by atoms with E-state index in [1.165, 1.54) is 0 Å². The zero-order valence-electron chi connectivity index (χ0n) is 8.75. The third-order valence-electron chi connectivity index (χ3n) is 2.18. The maximum Gasteiger partial charge on any atom is 0.152 e. The Balaban J connectivity index is 2.15. The van der Waals surface area contributed by atoms with Gasteiger partial charge in [-0.05, 0) is 12.1 Å². The van der Waals surface area contributed by atoms with Crippen LogP contribution in [0.4, 0.5) is 18.9 Å². The number of nitrogens with one attached hydrogen (secondary N) is 1. The molecule has 2 aromatic rings. The Bertz CT molecular complexity index is 491. The Labute approximate surface area is 96.1 Å². The van der Waals surface area contributed by atoms with E-state index >= 15 is 0 Å². The molecule has 0 aliphatic heterocycles. The molecule has 5 heteroatoms. The van der Waals surface area contributed by atoms with E-state index in [4.69, 9.17) is 0 Å². The standard InChI is InChI=1S/C12H9F3N2/c13-8-5-10(14)12(11(15)6-8)17-7-9-3-1-2-4-16-9/h1-6,17H,7H2. The molecule has 1 aromatic carbocycles. The molecule has 0 unspecified atom stereocenters. The molecule has 2 rings (SSSR count). The first-order valence-corrected chi connectivity index (χ1v) is 4.95. The minimum absolute atomic E-state index is 0.167. The highest BCUT2D eigenvalue weighted by Crippen LogP contribution is 2.20.